The van der Waals surface area contributed by atoms with E-state index in [0.717, 1.165) is 11.3 Å². The lowest BCUT2D eigenvalue weighted by molar-refractivity contribution is -0.135. The van der Waals surface area contributed by atoms with Crippen molar-refractivity contribution in [2.24, 2.45) is 11.7 Å². The number of hydrogen-bond acceptors (Lipinski definition) is 4. The number of piperidine rings is 1. The van der Waals surface area contributed by atoms with Gasteiger partial charge in [0.25, 0.3) is 5.56 Å². The molecule has 0 bridgehead atoms. The van der Waals surface area contributed by atoms with E-state index in [-0.39, 0.29) is 29.7 Å². The number of aromatic nitrogens is 3. The summed E-state index contributed by atoms with van der Waals surface area (Å²) in [5, 5.41) is 4.47. The SMILES string of the molecule is NC(=O)C1CCN(C(=O)CCn2ccn3nc(-c4ccccc4)cc3c2=O)CC1. The van der Waals surface area contributed by atoms with Crippen LogP contribution in [0.1, 0.15) is 19.3 Å². The first-order valence-electron chi connectivity index (χ1n) is 9.74. The van der Waals surface area contributed by atoms with Gasteiger partial charge in [0.2, 0.25) is 11.8 Å². The lowest BCUT2D eigenvalue weighted by atomic mass is 9.96. The molecule has 0 aliphatic carbocycles. The summed E-state index contributed by atoms with van der Waals surface area (Å²) in [6.45, 7) is 1.36. The van der Waals surface area contributed by atoms with Gasteiger partial charge in [0.15, 0.2) is 0 Å². The van der Waals surface area contributed by atoms with E-state index in [1.54, 1.807) is 32.4 Å². The summed E-state index contributed by atoms with van der Waals surface area (Å²) in [5.41, 5.74) is 7.30. The molecule has 0 unspecified atom stereocenters. The number of carbonyl (C=O) groups is 2. The molecule has 2 amide bonds. The third-order valence-electron chi connectivity index (χ3n) is 5.49. The minimum atomic E-state index is -0.298. The van der Waals surface area contributed by atoms with Gasteiger partial charge >= 0.3 is 0 Å². The Hall–Kier alpha value is -3.42. The number of primary amides is 1. The number of nitrogens with two attached hydrogens (primary N) is 1. The number of amides is 2. The first-order chi connectivity index (χ1) is 14.0. The van der Waals surface area contributed by atoms with Crippen molar-refractivity contribution < 1.29 is 9.59 Å². The number of fused-ring (bicyclic) bond motifs is 1. The van der Waals surface area contributed by atoms with Crippen LogP contribution >= 0.6 is 0 Å². The number of nitrogens with zero attached hydrogens (tertiary/aromatic N) is 4. The monoisotopic (exact) mass is 393 g/mol. The molecule has 3 heterocycles. The molecular formula is C21H23N5O3. The Kier molecular flexibility index (Phi) is 5.16. The zero-order valence-corrected chi connectivity index (χ0v) is 16.0. The molecule has 0 spiro atoms. The summed E-state index contributed by atoms with van der Waals surface area (Å²) in [6, 6.07) is 11.4. The Morgan fingerprint density at radius 3 is 2.52 bits per heavy atom. The highest BCUT2D eigenvalue weighted by molar-refractivity contribution is 5.78. The second-order valence-electron chi connectivity index (χ2n) is 7.33. The van der Waals surface area contributed by atoms with Crippen LogP contribution in [0.2, 0.25) is 0 Å². The van der Waals surface area contributed by atoms with Crippen LogP contribution in [0.5, 0.6) is 0 Å². The van der Waals surface area contributed by atoms with Crippen LogP contribution in [0, 0.1) is 5.92 Å². The third kappa shape index (κ3) is 3.91. The van der Waals surface area contributed by atoms with Crippen LogP contribution in [-0.4, -0.2) is 44.0 Å². The van der Waals surface area contributed by atoms with Crippen molar-refractivity contribution in [1.82, 2.24) is 19.1 Å². The normalized spacial score (nSPS) is 15.0. The maximum Gasteiger partial charge on any atom is 0.276 e. The Morgan fingerprint density at radius 1 is 1.10 bits per heavy atom. The van der Waals surface area contributed by atoms with Gasteiger partial charge in [-0.15, -0.1) is 0 Å². The highest BCUT2D eigenvalue weighted by Crippen LogP contribution is 2.18. The minimum absolute atomic E-state index is 0.0156. The van der Waals surface area contributed by atoms with Crippen molar-refractivity contribution in [3.05, 3.63) is 59.1 Å². The molecule has 8 heteroatoms. The Morgan fingerprint density at radius 2 is 1.83 bits per heavy atom. The number of likely N-dealkylation sites (tertiary alicyclic amines) is 1. The fourth-order valence-electron chi connectivity index (χ4n) is 3.74. The van der Waals surface area contributed by atoms with Gasteiger partial charge in [-0.25, -0.2) is 4.52 Å². The lowest BCUT2D eigenvalue weighted by Gasteiger charge is -2.30. The van der Waals surface area contributed by atoms with E-state index in [1.165, 1.54) is 0 Å². The van der Waals surface area contributed by atoms with Crippen molar-refractivity contribution in [1.29, 1.82) is 0 Å². The minimum Gasteiger partial charge on any atom is -0.369 e. The molecule has 0 saturated carbocycles. The molecule has 2 aromatic heterocycles. The maximum atomic E-state index is 12.8. The van der Waals surface area contributed by atoms with Crippen molar-refractivity contribution in [3.8, 4) is 11.3 Å². The standard InChI is InChI=1S/C21H23N5O3/c22-20(28)16-6-9-24(10-7-16)19(27)8-11-25-12-13-26-18(21(25)29)14-17(23-26)15-4-2-1-3-5-15/h1-5,12-14,16H,6-11H2,(H2,22,28). The van der Waals surface area contributed by atoms with Crippen molar-refractivity contribution in [3.63, 3.8) is 0 Å². The molecule has 1 saturated heterocycles. The van der Waals surface area contributed by atoms with Crippen molar-refractivity contribution in [2.75, 3.05) is 13.1 Å². The average Bonchev–Trinajstić information content (AvgIpc) is 3.19. The number of carbonyl (C=O) groups excluding carboxylic acids is 2. The highest BCUT2D eigenvalue weighted by Gasteiger charge is 2.25. The number of hydrogen-bond donors (Lipinski definition) is 1. The third-order valence-corrected chi connectivity index (χ3v) is 5.49. The number of rotatable bonds is 5. The lowest BCUT2D eigenvalue weighted by Crippen LogP contribution is -2.42. The molecule has 0 atom stereocenters. The quantitative estimate of drug-likeness (QED) is 0.705. The van der Waals surface area contributed by atoms with Gasteiger partial charge in [-0.3, -0.25) is 14.4 Å². The van der Waals surface area contributed by atoms with E-state index in [2.05, 4.69) is 5.10 Å². The van der Waals surface area contributed by atoms with Crippen LogP contribution in [0.4, 0.5) is 0 Å². The van der Waals surface area contributed by atoms with Gasteiger partial charge in [0.05, 0.1) is 5.69 Å². The van der Waals surface area contributed by atoms with Crippen LogP contribution in [-0.2, 0) is 16.1 Å². The Bertz CT molecular complexity index is 1090. The van der Waals surface area contributed by atoms with Gasteiger partial charge in [-0.05, 0) is 18.9 Å². The van der Waals surface area contributed by atoms with E-state index in [1.807, 2.05) is 30.3 Å². The van der Waals surface area contributed by atoms with Crippen molar-refractivity contribution in [2.45, 2.75) is 25.8 Å². The first-order valence-corrected chi connectivity index (χ1v) is 9.74. The fraction of sp³-hybridized carbons (Fsp3) is 0.333. The molecule has 29 heavy (non-hydrogen) atoms. The molecule has 1 aliphatic rings. The van der Waals surface area contributed by atoms with Gasteiger partial charge in [0.1, 0.15) is 5.52 Å². The highest BCUT2D eigenvalue weighted by atomic mass is 16.2. The predicted molar refractivity (Wildman–Crippen MR) is 108 cm³/mol. The maximum absolute atomic E-state index is 12.8. The molecular weight excluding hydrogens is 370 g/mol. The molecule has 8 nitrogen and oxygen atoms in total. The first kappa shape index (κ1) is 18.9. The fourth-order valence-corrected chi connectivity index (χ4v) is 3.74. The molecule has 3 aromatic rings. The van der Waals surface area contributed by atoms with Gasteiger partial charge in [0, 0.05) is 49.9 Å². The largest absolute Gasteiger partial charge is 0.369 e. The zero-order valence-electron chi connectivity index (χ0n) is 16.0. The molecule has 150 valence electrons. The molecule has 1 aromatic carbocycles. The topological polar surface area (TPSA) is 103 Å². The predicted octanol–water partition coefficient (Wildman–Crippen LogP) is 1.28. The van der Waals surface area contributed by atoms with Crippen LogP contribution in [0.3, 0.4) is 0 Å². The molecule has 1 fully saturated rings. The molecule has 0 radical (unpaired) electrons. The molecule has 2 N–H and O–H groups in total. The van der Waals surface area contributed by atoms with Crippen LogP contribution in [0.15, 0.2) is 53.6 Å². The summed E-state index contributed by atoms with van der Waals surface area (Å²) in [6.07, 6.45) is 4.82. The Labute approximate surface area is 167 Å². The van der Waals surface area contributed by atoms with Crippen LogP contribution < -0.4 is 11.3 Å². The van der Waals surface area contributed by atoms with E-state index in [4.69, 9.17) is 5.73 Å². The smallest absolute Gasteiger partial charge is 0.276 e. The van der Waals surface area contributed by atoms with E-state index in [0.29, 0.717) is 38.0 Å². The summed E-state index contributed by atoms with van der Waals surface area (Å²) < 4.78 is 3.11. The average molecular weight is 393 g/mol. The second kappa shape index (κ2) is 7.90. The molecule has 1 aliphatic heterocycles. The second-order valence-corrected chi connectivity index (χ2v) is 7.33. The Balaban J connectivity index is 1.45. The van der Waals surface area contributed by atoms with E-state index < -0.39 is 0 Å². The summed E-state index contributed by atoms with van der Waals surface area (Å²) >= 11 is 0. The van der Waals surface area contributed by atoms with Gasteiger partial charge in [-0.2, -0.15) is 5.10 Å². The van der Waals surface area contributed by atoms with Gasteiger partial charge < -0.3 is 15.2 Å². The van der Waals surface area contributed by atoms with Crippen LogP contribution in [0.25, 0.3) is 16.8 Å². The summed E-state index contributed by atoms with van der Waals surface area (Å²) in [4.78, 5) is 38.3. The van der Waals surface area contributed by atoms with Crippen molar-refractivity contribution >= 4 is 17.3 Å². The number of aryl methyl sites for hydroxylation is 1. The van der Waals surface area contributed by atoms with E-state index in [9.17, 15) is 14.4 Å². The summed E-state index contributed by atoms with van der Waals surface area (Å²) in [7, 11) is 0. The number of benzene rings is 1. The summed E-state index contributed by atoms with van der Waals surface area (Å²) in [5.74, 6) is -0.462. The van der Waals surface area contributed by atoms with E-state index >= 15 is 0 Å². The zero-order chi connectivity index (χ0) is 20.4. The van der Waals surface area contributed by atoms with Gasteiger partial charge in [-0.1, -0.05) is 30.3 Å². The molecule has 4 rings (SSSR count).